The first-order valence-corrected chi connectivity index (χ1v) is 10.5. The molecule has 1 saturated carbocycles. The molecule has 0 amide bonds. The van der Waals surface area contributed by atoms with Crippen molar-refractivity contribution in [3.63, 3.8) is 0 Å². The van der Waals surface area contributed by atoms with E-state index in [0.29, 0.717) is 32.1 Å². The Bertz CT molecular complexity index is 933. The van der Waals surface area contributed by atoms with Crippen LogP contribution in [-0.4, -0.2) is 54.0 Å². The van der Waals surface area contributed by atoms with Gasteiger partial charge in [0.05, 0.1) is 9.82 Å². The number of piperazine rings is 1. The fourth-order valence-corrected chi connectivity index (χ4v) is 5.40. The fourth-order valence-electron chi connectivity index (χ4n) is 2.88. The maximum absolute atomic E-state index is 12.8. The number of rotatable bonds is 5. The summed E-state index contributed by atoms with van der Waals surface area (Å²) in [6.07, 6.45) is 2.34. The molecule has 0 unspecified atom stereocenters. The summed E-state index contributed by atoms with van der Waals surface area (Å²) in [5.41, 5.74) is -0.230. The second-order valence-corrected chi connectivity index (χ2v) is 9.27. The van der Waals surface area contributed by atoms with Crippen molar-refractivity contribution in [1.82, 2.24) is 14.5 Å². The first-order valence-electron chi connectivity index (χ1n) is 8.28. The van der Waals surface area contributed by atoms with Gasteiger partial charge in [-0.15, -0.1) is 10.2 Å². The minimum Gasteiger partial charge on any atom is -0.344 e. The summed E-state index contributed by atoms with van der Waals surface area (Å²) in [6.45, 7) is 1.66. The lowest BCUT2D eigenvalue weighted by Gasteiger charge is -2.33. The molecule has 2 heterocycles. The molecule has 4 rings (SSSR count). The largest absolute Gasteiger partial charge is 0.344 e. The first-order chi connectivity index (χ1) is 12.4. The monoisotopic (exact) mass is 395 g/mol. The highest BCUT2D eigenvalue weighted by atomic mass is 32.2. The molecule has 0 radical (unpaired) electrons. The lowest BCUT2D eigenvalue weighted by atomic mass is 10.3. The van der Waals surface area contributed by atoms with Crippen LogP contribution in [0.25, 0.3) is 0 Å². The molecule has 1 aliphatic carbocycles. The highest BCUT2D eigenvalue weighted by molar-refractivity contribution is 7.89. The van der Waals surface area contributed by atoms with Gasteiger partial charge in [0.25, 0.3) is 5.69 Å². The summed E-state index contributed by atoms with van der Waals surface area (Å²) in [4.78, 5) is 12.3. The minimum atomic E-state index is -3.75. The molecule has 26 heavy (non-hydrogen) atoms. The third-order valence-electron chi connectivity index (χ3n) is 4.53. The maximum Gasteiger partial charge on any atom is 0.270 e. The minimum absolute atomic E-state index is 0.0490. The smallest absolute Gasteiger partial charge is 0.270 e. The van der Waals surface area contributed by atoms with E-state index in [1.807, 2.05) is 4.90 Å². The average molecular weight is 395 g/mol. The van der Waals surface area contributed by atoms with Crippen LogP contribution in [0.5, 0.6) is 0 Å². The Kier molecular flexibility index (Phi) is 4.37. The Morgan fingerprint density at radius 2 is 1.88 bits per heavy atom. The van der Waals surface area contributed by atoms with E-state index < -0.39 is 14.9 Å². The van der Waals surface area contributed by atoms with Crippen molar-refractivity contribution in [3.8, 4) is 0 Å². The molecule has 1 aromatic heterocycles. The van der Waals surface area contributed by atoms with Gasteiger partial charge < -0.3 is 4.90 Å². The molecule has 0 spiro atoms. The fraction of sp³-hybridized carbons (Fsp3) is 0.467. The Hall–Kier alpha value is -2.11. The summed E-state index contributed by atoms with van der Waals surface area (Å²) in [6, 6.07) is 5.17. The summed E-state index contributed by atoms with van der Waals surface area (Å²) < 4.78 is 26.9. The van der Waals surface area contributed by atoms with Gasteiger partial charge in [-0.25, -0.2) is 8.42 Å². The van der Waals surface area contributed by atoms with Crippen molar-refractivity contribution in [3.05, 3.63) is 39.4 Å². The van der Waals surface area contributed by atoms with E-state index in [-0.39, 0.29) is 10.6 Å². The Balaban J connectivity index is 1.46. The Labute approximate surface area is 154 Å². The van der Waals surface area contributed by atoms with Gasteiger partial charge in [0.15, 0.2) is 0 Å². The number of nitro groups is 1. The van der Waals surface area contributed by atoms with E-state index in [1.54, 1.807) is 11.3 Å². The number of nitrogens with zero attached hydrogens (tertiary/aromatic N) is 5. The quantitative estimate of drug-likeness (QED) is 0.561. The van der Waals surface area contributed by atoms with Crippen molar-refractivity contribution in [2.45, 2.75) is 23.7 Å². The van der Waals surface area contributed by atoms with E-state index in [2.05, 4.69) is 10.2 Å². The molecule has 2 fully saturated rings. The lowest BCUT2D eigenvalue weighted by Crippen LogP contribution is -2.48. The van der Waals surface area contributed by atoms with Crippen LogP contribution in [0, 0.1) is 10.1 Å². The third kappa shape index (κ3) is 3.29. The molecule has 1 saturated heterocycles. The zero-order valence-corrected chi connectivity index (χ0v) is 15.4. The number of non-ortho nitro benzene ring substituents is 1. The number of aromatic nitrogens is 2. The van der Waals surface area contributed by atoms with Crippen LogP contribution >= 0.6 is 11.3 Å². The predicted molar refractivity (Wildman–Crippen MR) is 96.0 cm³/mol. The van der Waals surface area contributed by atoms with Crippen LogP contribution in [0.2, 0.25) is 0 Å². The second kappa shape index (κ2) is 6.56. The van der Waals surface area contributed by atoms with Crippen molar-refractivity contribution in [1.29, 1.82) is 0 Å². The Morgan fingerprint density at radius 3 is 2.54 bits per heavy atom. The van der Waals surface area contributed by atoms with Crippen LogP contribution in [-0.2, 0) is 10.0 Å². The summed E-state index contributed by atoms with van der Waals surface area (Å²) >= 11 is 1.58. The molecule has 1 aromatic carbocycles. The van der Waals surface area contributed by atoms with Gasteiger partial charge in [0, 0.05) is 44.2 Å². The van der Waals surface area contributed by atoms with E-state index in [4.69, 9.17) is 0 Å². The summed E-state index contributed by atoms with van der Waals surface area (Å²) in [5, 5.41) is 21.2. The second-order valence-electron chi connectivity index (χ2n) is 6.34. The van der Waals surface area contributed by atoms with Gasteiger partial charge in [0.1, 0.15) is 5.01 Å². The lowest BCUT2D eigenvalue weighted by molar-refractivity contribution is -0.385. The number of benzene rings is 1. The van der Waals surface area contributed by atoms with Gasteiger partial charge in [-0.3, -0.25) is 10.1 Å². The van der Waals surface area contributed by atoms with Crippen LogP contribution in [0.4, 0.5) is 10.8 Å². The van der Waals surface area contributed by atoms with Gasteiger partial charge in [0.2, 0.25) is 15.2 Å². The highest BCUT2D eigenvalue weighted by Crippen LogP contribution is 2.42. The molecule has 0 atom stereocenters. The first kappa shape index (κ1) is 17.3. The predicted octanol–water partition coefficient (Wildman–Crippen LogP) is 1.83. The molecule has 0 N–H and O–H groups in total. The molecule has 11 heteroatoms. The average Bonchev–Trinajstić information content (AvgIpc) is 3.39. The molecule has 138 valence electrons. The van der Waals surface area contributed by atoms with Crippen LogP contribution < -0.4 is 4.90 Å². The molecule has 1 aliphatic heterocycles. The molecule has 2 aliphatic rings. The zero-order valence-electron chi connectivity index (χ0n) is 13.8. The van der Waals surface area contributed by atoms with Crippen molar-refractivity contribution < 1.29 is 13.3 Å². The normalized spacial score (nSPS) is 18.8. The third-order valence-corrected chi connectivity index (χ3v) is 7.57. The van der Waals surface area contributed by atoms with Crippen LogP contribution in [0.1, 0.15) is 23.8 Å². The molecule has 9 nitrogen and oxygen atoms in total. The van der Waals surface area contributed by atoms with Gasteiger partial charge in [-0.1, -0.05) is 17.4 Å². The standard InChI is InChI=1S/C15H17N5O4S2/c21-20(22)12-2-1-3-13(10-12)26(23,24)19-8-6-18(7-9-19)15-17-16-14(25-15)11-4-5-11/h1-3,10-11H,4-9H2. The van der Waals surface area contributed by atoms with Gasteiger partial charge >= 0.3 is 0 Å². The van der Waals surface area contributed by atoms with Crippen molar-refractivity contribution >= 4 is 32.2 Å². The summed E-state index contributed by atoms with van der Waals surface area (Å²) in [7, 11) is -3.75. The molecule has 2 aromatic rings. The molecular formula is C15H17N5O4S2. The molecule has 0 bridgehead atoms. The van der Waals surface area contributed by atoms with E-state index in [9.17, 15) is 18.5 Å². The topological polar surface area (TPSA) is 110 Å². The number of sulfonamides is 1. The molecular weight excluding hydrogens is 378 g/mol. The number of anilines is 1. The zero-order chi connectivity index (χ0) is 18.3. The van der Waals surface area contributed by atoms with Crippen molar-refractivity contribution in [2.75, 3.05) is 31.1 Å². The van der Waals surface area contributed by atoms with Crippen molar-refractivity contribution in [2.24, 2.45) is 0 Å². The number of hydrogen-bond donors (Lipinski definition) is 0. The van der Waals surface area contributed by atoms with E-state index >= 15 is 0 Å². The van der Waals surface area contributed by atoms with Crippen LogP contribution in [0.3, 0.4) is 0 Å². The van der Waals surface area contributed by atoms with E-state index in [0.717, 1.165) is 16.2 Å². The number of hydrogen-bond acceptors (Lipinski definition) is 8. The van der Waals surface area contributed by atoms with E-state index in [1.165, 1.54) is 35.3 Å². The van der Waals surface area contributed by atoms with Gasteiger partial charge in [-0.2, -0.15) is 4.31 Å². The van der Waals surface area contributed by atoms with Gasteiger partial charge in [-0.05, 0) is 18.9 Å². The Morgan fingerprint density at radius 1 is 1.15 bits per heavy atom. The number of nitro benzene ring substituents is 1. The van der Waals surface area contributed by atoms with Crippen LogP contribution in [0.15, 0.2) is 29.2 Å². The SMILES string of the molecule is O=[N+]([O-])c1cccc(S(=O)(=O)N2CCN(c3nnc(C4CC4)s3)CC2)c1. The maximum atomic E-state index is 12.8. The highest BCUT2D eigenvalue weighted by Gasteiger charge is 2.32. The summed E-state index contributed by atoms with van der Waals surface area (Å²) in [5.74, 6) is 0.553.